The molecule has 3 aromatic carbocycles. The lowest BCUT2D eigenvalue weighted by atomic mass is 10.1. The highest BCUT2D eigenvalue weighted by atomic mass is 16.5. The Kier molecular flexibility index (Phi) is 6.40. The summed E-state index contributed by atoms with van der Waals surface area (Å²) < 4.78 is 11.1. The molecule has 0 bridgehead atoms. The highest BCUT2D eigenvalue weighted by Gasteiger charge is 2.15. The van der Waals surface area contributed by atoms with Crippen LogP contribution in [-0.4, -0.2) is 13.0 Å². The molecule has 5 nitrogen and oxygen atoms in total. The highest BCUT2D eigenvalue weighted by molar-refractivity contribution is 5.94. The van der Waals surface area contributed by atoms with Crippen molar-refractivity contribution in [2.24, 2.45) is 0 Å². The van der Waals surface area contributed by atoms with Crippen LogP contribution < -0.4 is 10.1 Å². The first kappa shape index (κ1) is 19.2. The Morgan fingerprint density at radius 2 is 1.68 bits per heavy atom. The van der Waals surface area contributed by atoms with Crippen molar-refractivity contribution in [3.05, 3.63) is 101 Å². The topological polar surface area (TPSA) is 71.3 Å². The molecule has 1 amide bonds. The van der Waals surface area contributed by atoms with E-state index in [0.29, 0.717) is 23.5 Å². The predicted molar refractivity (Wildman–Crippen MR) is 106 cm³/mol. The SMILES string of the molecule is COC(NC(=O)c1ccc(OCc2ccccc2)cc1)c1ccc(C#N)cc1. The second-order valence-electron chi connectivity index (χ2n) is 6.12. The van der Waals surface area contributed by atoms with Gasteiger partial charge in [-0.25, -0.2) is 0 Å². The standard InChI is InChI=1S/C23H20N2O3/c1-27-23(20-9-7-17(15-24)8-10-20)25-22(26)19-11-13-21(14-12-19)28-16-18-5-3-2-4-6-18/h2-14,23H,16H2,1H3,(H,25,26). The van der Waals surface area contributed by atoms with E-state index in [4.69, 9.17) is 14.7 Å². The van der Waals surface area contributed by atoms with Crippen molar-refractivity contribution in [2.45, 2.75) is 12.8 Å². The molecule has 0 saturated heterocycles. The van der Waals surface area contributed by atoms with E-state index in [2.05, 4.69) is 11.4 Å². The van der Waals surface area contributed by atoms with Gasteiger partial charge < -0.3 is 14.8 Å². The van der Waals surface area contributed by atoms with Crippen LogP contribution in [0.3, 0.4) is 0 Å². The number of nitriles is 1. The van der Waals surface area contributed by atoms with Crippen molar-refractivity contribution in [2.75, 3.05) is 7.11 Å². The summed E-state index contributed by atoms with van der Waals surface area (Å²) in [5.74, 6) is 0.432. The van der Waals surface area contributed by atoms with Crippen LogP contribution in [-0.2, 0) is 11.3 Å². The number of carbonyl (C=O) groups is 1. The molecule has 1 atom stereocenters. The van der Waals surface area contributed by atoms with E-state index in [9.17, 15) is 4.79 Å². The van der Waals surface area contributed by atoms with E-state index in [-0.39, 0.29) is 5.91 Å². The molecule has 0 aliphatic carbocycles. The average molecular weight is 372 g/mol. The lowest BCUT2D eigenvalue weighted by Gasteiger charge is -2.17. The number of nitrogens with zero attached hydrogens (tertiary/aromatic N) is 1. The Morgan fingerprint density at radius 1 is 1.00 bits per heavy atom. The number of rotatable bonds is 7. The van der Waals surface area contributed by atoms with Gasteiger partial charge in [-0.15, -0.1) is 0 Å². The first-order chi connectivity index (χ1) is 13.7. The number of nitrogens with one attached hydrogen (secondary N) is 1. The van der Waals surface area contributed by atoms with Crippen molar-refractivity contribution >= 4 is 5.91 Å². The molecule has 0 saturated carbocycles. The number of methoxy groups -OCH3 is 1. The molecule has 1 unspecified atom stereocenters. The quantitative estimate of drug-likeness (QED) is 0.631. The van der Waals surface area contributed by atoms with Crippen molar-refractivity contribution in [3.8, 4) is 11.8 Å². The highest BCUT2D eigenvalue weighted by Crippen LogP contribution is 2.17. The van der Waals surface area contributed by atoms with Crippen LogP contribution in [0.1, 0.15) is 33.3 Å². The Bertz CT molecular complexity index is 946. The predicted octanol–water partition coefficient (Wildman–Crippen LogP) is 4.21. The molecule has 3 aromatic rings. The number of carbonyl (C=O) groups excluding carboxylic acids is 1. The number of benzene rings is 3. The van der Waals surface area contributed by atoms with Crippen molar-refractivity contribution in [1.82, 2.24) is 5.32 Å². The average Bonchev–Trinajstić information content (AvgIpc) is 2.77. The molecule has 0 radical (unpaired) electrons. The second-order valence-corrected chi connectivity index (χ2v) is 6.12. The summed E-state index contributed by atoms with van der Waals surface area (Å²) in [4.78, 5) is 12.5. The molecular weight excluding hydrogens is 352 g/mol. The molecule has 0 aromatic heterocycles. The van der Waals surface area contributed by atoms with E-state index in [0.717, 1.165) is 11.1 Å². The summed E-state index contributed by atoms with van der Waals surface area (Å²) in [6.45, 7) is 0.469. The van der Waals surface area contributed by atoms with Crippen molar-refractivity contribution in [3.63, 3.8) is 0 Å². The Labute approximate surface area is 164 Å². The first-order valence-corrected chi connectivity index (χ1v) is 8.80. The van der Waals surface area contributed by atoms with Gasteiger partial charge in [0.15, 0.2) is 6.23 Å². The summed E-state index contributed by atoms with van der Waals surface area (Å²) in [7, 11) is 1.52. The molecule has 0 heterocycles. The third kappa shape index (κ3) is 4.97. The molecule has 0 aliphatic heterocycles. The molecule has 0 spiro atoms. The summed E-state index contributed by atoms with van der Waals surface area (Å²) in [5.41, 5.74) is 2.89. The van der Waals surface area contributed by atoms with E-state index >= 15 is 0 Å². The van der Waals surface area contributed by atoms with Gasteiger partial charge in [0.25, 0.3) is 5.91 Å². The maximum Gasteiger partial charge on any atom is 0.253 e. The molecule has 140 valence electrons. The Morgan fingerprint density at radius 3 is 2.29 bits per heavy atom. The monoisotopic (exact) mass is 372 g/mol. The van der Waals surface area contributed by atoms with Gasteiger partial charge in [-0.2, -0.15) is 5.26 Å². The van der Waals surface area contributed by atoms with Crippen LogP contribution in [0.4, 0.5) is 0 Å². The van der Waals surface area contributed by atoms with Gasteiger partial charge in [-0.1, -0.05) is 42.5 Å². The molecule has 0 fully saturated rings. The minimum atomic E-state index is -0.603. The largest absolute Gasteiger partial charge is 0.489 e. The van der Waals surface area contributed by atoms with Gasteiger partial charge in [-0.05, 0) is 42.0 Å². The van der Waals surface area contributed by atoms with Gasteiger partial charge in [0.1, 0.15) is 12.4 Å². The molecule has 5 heteroatoms. The fraction of sp³-hybridized carbons (Fsp3) is 0.130. The van der Waals surface area contributed by atoms with Crippen LogP contribution in [0, 0.1) is 11.3 Å². The minimum Gasteiger partial charge on any atom is -0.489 e. The molecule has 3 rings (SSSR count). The lowest BCUT2D eigenvalue weighted by molar-refractivity contribution is 0.0575. The number of hydrogen-bond acceptors (Lipinski definition) is 4. The summed E-state index contributed by atoms with van der Waals surface area (Å²) >= 11 is 0. The fourth-order valence-electron chi connectivity index (χ4n) is 2.66. The number of ether oxygens (including phenoxy) is 2. The van der Waals surface area contributed by atoms with E-state index in [1.54, 1.807) is 48.5 Å². The van der Waals surface area contributed by atoms with Gasteiger partial charge in [0.05, 0.1) is 11.6 Å². The van der Waals surface area contributed by atoms with Crippen LogP contribution in [0.25, 0.3) is 0 Å². The zero-order valence-corrected chi connectivity index (χ0v) is 15.5. The van der Waals surface area contributed by atoms with Crippen LogP contribution in [0.15, 0.2) is 78.9 Å². The van der Waals surface area contributed by atoms with Crippen LogP contribution >= 0.6 is 0 Å². The van der Waals surface area contributed by atoms with E-state index in [1.165, 1.54) is 7.11 Å². The summed E-state index contributed by atoms with van der Waals surface area (Å²) in [5, 5.41) is 11.7. The smallest absolute Gasteiger partial charge is 0.253 e. The van der Waals surface area contributed by atoms with Gasteiger partial charge >= 0.3 is 0 Å². The normalized spacial score (nSPS) is 11.3. The molecule has 28 heavy (non-hydrogen) atoms. The molecule has 1 N–H and O–H groups in total. The minimum absolute atomic E-state index is 0.259. The molecular formula is C23H20N2O3. The van der Waals surface area contributed by atoms with Gasteiger partial charge in [0, 0.05) is 18.2 Å². The van der Waals surface area contributed by atoms with Crippen LogP contribution in [0.2, 0.25) is 0 Å². The lowest BCUT2D eigenvalue weighted by Crippen LogP contribution is -2.29. The van der Waals surface area contributed by atoms with Crippen molar-refractivity contribution in [1.29, 1.82) is 5.26 Å². The summed E-state index contributed by atoms with van der Waals surface area (Å²) in [6, 6.07) is 25.8. The molecule has 0 aliphatic rings. The van der Waals surface area contributed by atoms with E-state index < -0.39 is 6.23 Å². The number of amides is 1. The fourth-order valence-corrected chi connectivity index (χ4v) is 2.66. The third-order valence-electron chi connectivity index (χ3n) is 4.21. The third-order valence-corrected chi connectivity index (χ3v) is 4.21. The maximum absolute atomic E-state index is 12.5. The Balaban J connectivity index is 1.60. The van der Waals surface area contributed by atoms with Crippen molar-refractivity contribution < 1.29 is 14.3 Å². The zero-order chi connectivity index (χ0) is 19.8. The second kappa shape index (κ2) is 9.36. The van der Waals surface area contributed by atoms with Crippen LogP contribution in [0.5, 0.6) is 5.75 Å². The van der Waals surface area contributed by atoms with Gasteiger partial charge in [0.2, 0.25) is 0 Å². The first-order valence-electron chi connectivity index (χ1n) is 8.80. The van der Waals surface area contributed by atoms with Gasteiger partial charge in [-0.3, -0.25) is 4.79 Å². The zero-order valence-electron chi connectivity index (χ0n) is 15.5. The number of hydrogen-bond donors (Lipinski definition) is 1. The maximum atomic E-state index is 12.5. The Hall–Kier alpha value is -3.62. The van der Waals surface area contributed by atoms with E-state index in [1.807, 2.05) is 30.3 Å². The summed E-state index contributed by atoms with van der Waals surface area (Å²) in [6.07, 6.45) is -0.603.